The molecule has 0 aliphatic heterocycles. The van der Waals surface area contributed by atoms with Crippen LogP contribution in [0.4, 0.5) is 4.39 Å². The van der Waals surface area contributed by atoms with Crippen LogP contribution in [0.15, 0.2) is 36.4 Å². The van der Waals surface area contributed by atoms with E-state index in [1.165, 1.54) is 12.1 Å². The van der Waals surface area contributed by atoms with E-state index in [4.69, 9.17) is 11.6 Å². The molecule has 1 saturated carbocycles. The van der Waals surface area contributed by atoms with E-state index in [0.29, 0.717) is 28.0 Å². The molecule has 0 saturated heterocycles. The van der Waals surface area contributed by atoms with Gasteiger partial charge in [-0.3, -0.25) is 0 Å². The lowest BCUT2D eigenvalue weighted by atomic mass is 10.2. The van der Waals surface area contributed by atoms with Gasteiger partial charge in [-0.25, -0.2) is 9.37 Å². The zero-order valence-corrected chi connectivity index (χ0v) is 11.8. The number of nitrogens with zero attached hydrogens (tertiary/aromatic N) is 2. The van der Waals surface area contributed by atoms with Crippen molar-refractivity contribution in [3.8, 4) is 17.1 Å². The summed E-state index contributed by atoms with van der Waals surface area (Å²) in [6, 6.07) is 9.81. The van der Waals surface area contributed by atoms with Crippen LogP contribution in [-0.2, 0) is 0 Å². The van der Waals surface area contributed by atoms with Crippen molar-refractivity contribution < 1.29 is 9.50 Å². The highest BCUT2D eigenvalue weighted by atomic mass is 35.5. The number of phenols is 1. The van der Waals surface area contributed by atoms with Gasteiger partial charge in [-0.15, -0.1) is 0 Å². The number of imidazole rings is 1. The number of hydrogen-bond donors (Lipinski definition) is 1. The van der Waals surface area contributed by atoms with Gasteiger partial charge in [0.2, 0.25) is 0 Å². The maximum Gasteiger partial charge on any atom is 0.145 e. The smallest absolute Gasteiger partial charge is 0.145 e. The summed E-state index contributed by atoms with van der Waals surface area (Å²) in [6.07, 6.45) is 2.13. The lowest BCUT2D eigenvalue weighted by molar-refractivity contribution is 0.476. The molecule has 21 heavy (non-hydrogen) atoms. The minimum atomic E-state index is -0.315. The Balaban J connectivity index is 2.03. The molecule has 0 bridgehead atoms. The number of phenolic OH excluding ortho intramolecular Hbond substituents is 1. The summed E-state index contributed by atoms with van der Waals surface area (Å²) in [7, 11) is 0. The first kappa shape index (κ1) is 12.7. The van der Waals surface area contributed by atoms with Crippen LogP contribution in [0.5, 0.6) is 5.75 Å². The Hall–Kier alpha value is -2.07. The summed E-state index contributed by atoms with van der Waals surface area (Å²) in [5.74, 6) is 0.444. The van der Waals surface area contributed by atoms with E-state index in [2.05, 4.69) is 9.55 Å². The lowest BCUT2D eigenvalue weighted by Gasteiger charge is -2.09. The monoisotopic (exact) mass is 302 g/mol. The Morgan fingerprint density at radius 1 is 1.19 bits per heavy atom. The van der Waals surface area contributed by atoms with Gasteiger partial charge in [-0.05, 0) is 43.2 Å². The van der Waals surface area contributed by atoms with Crippen molar-refractivity contribution in [2.24, 2.45) is 0 Å². The molecule has 0 atom stereocenters. The zero-order chi connectivity index (χ0) is 14.6. The molecule has 0 unspecified atom stereocenters. The number of hydrogen-bond acceptors (Lipinski definition) is 2. The first-order chi connectivity index (χ1) is 10.1. The van der Waals surface area contributed by atoms with Gasteiger partial charge in [0.05, 0.1) is 16.6 Å². The third-order valence-electron chi connectivity index (χ3n) is 3.76. The molecule has 1 aromatic heterocycles. The predicted octanol–water partition coefficient (Wildman–Crippen LogP) is 4.54. The maximum atomic E-state index is 13.4. The van der Waals surface area contributed by atoms with Crippen LogP contribution in [0.1, 0.15) is 18.9 Å². The van der Waals surface area contributed by atoms with Crippen molar-refractivity contribution in [3.05, 3.63) is 47.2 Å². The largest absolute Gasteiger partial charge is 0.507 e. The van der Waals surface area contributed by atoms with E-state index in [1.54, 1.807) is 24.3 Å². The van der Waals surface area contributed by atoms with E-state index < -0.39 is 0 Å². The van der Waals surface area contributed by atoms with Gasteiger partial charge in [0, 0.05) is 17.1 Å². The minimum Gasteiger partial charge on any atom is -0.507 e. The van der Waals surface area contributed by atoms with Gasteiger partial charge in [-0.1, -0.05) is 11.6 Å². The SMILES string of the molecule is Oc1ccc(Cl)cc1-c1nc2cc(F)ccc2n1C1CC1. The van der Waals surface area contributed by atoms with Gasteiger partial charge >= 0.3 is 0 Å². The number of aromatic nitrogens is 2. The maximum absolute atomic E-state index is 13.4. The normalized spacial score (nSPS) is 14.8. The molecule has 3 nitrogen and oxygen atoms in total. The van der Waals surface area contributed by atoms with E-state index in [1.807, 2.05) is 0 Å². The number of halogens is 2. The fourth-order valence-electron chi connectivity index (χ4n) is 2.65. The van der Waals surface area contributed by atoms with Gasteiger partial charge in [0.1, 0.15) is 17.4 Å². The lowest BCUT2D eigenvalue weighted by Crippen LogP contribution is -1.97. The highest BCUT2D eigenvalue weighted by Gasteiger charge is 2.29. The molecule has 2 aromatic carbocycles. The van der Waals surface area contributed by atoms with E-state index >= 15 is 0 Å². The minimum absolute atomic E-state index is 0.122. The molecule has 5 heteroatoms. The molecule has 3 aromatic rings. The van der Waals surface area contributed by atoms with Gasteiger partial charge in [-0.2, -0.15) is 0 Å². The van der Waals surface area contributed by atoms with Crippen LogP contribution in [0, 0.1) is 5.82 Å². The van der Waals surface area contributed by atoms with Crippen molar-refractivity contribution in [3.63, 3.8) is 0 Å². The third kappa shape index (κ3) is 2.07. The zero-order valence-electron chi connectivity index (χ0n) is 11.1. The van der Waals surface area contributed by atoms with Crippen molar-refractivity contribution in [2.45, 2.75) is 18.9 Å². The summed E-state index contributed by atoms with van der Waals surface area (Å²) in [6.45, 7) is 0. The topological polar surface area (TPSA) is 38.1 Å². The highest BCUT2D eigenvalue weighted by Crippen LogP contribution is 2.43. The summed E-state index contributed by atoms with van der Waals surface area (Å²) < 4.78 is 15.5. The van der Waals surface area contributed by atoms with Crippen LogP contribution >= 0.6 is 11.6 Å². The summed E-state index contributed by atoms with van der Waals surface area (Å²) in [5, 5.41) is 10.6. The second-order valence-electron chi connectivity index (χ2n) is 5.33. The van der Waals surface area contributed by atoms with E-state index in [9.17, 15) is 9.50 Å². The molecule has 106 valence electrons. The number of rotatable bonds is 2. The molecule has 1 heterocycles. The predicted molar refractivity (Wildman–Crippen MR) is 80.1 cm³/mol. The number of aromatic hydroxyl groups is 1. The fourth-order valence-corrected chi connectivity index (χ4v) is 2.82. The standard InChI is InChI=1S/C16H12ClFN2O/c17-9-1-6-15(21)12(7-9)16-19-13-8-10(18)2-5-14(13)20(16)11-3-4-11/h1-2,5-8,11,21H,3-4H2. The Morgan fingerprint density at radius 3 is 2.76 bits per heavy atom. The first-order valence-electron chi connectivity index (χ1n) is 6.80. The summed E-state index contributed by atoms with van der Waals surface area (Å²) in [5.41, 5.74) is 2.05. The molecule has 0 radical (unpaired) electrons. The van der Waals surface area contributed by atoms with E-state index in [-0.39, 0.29) is 11.6 Å². The third-order valence-corrected chi connectivity index (χ3v) is 4.00. The Kier molecular flexibility index (Phi) is 2.69. The highest BCUT2D eigenvalue weighted by molar-refractivity contribution is 6.30. The molecular weight excluding hydrogens is 291 g/mol. The molecule has 0 spiro atoms. The van der Waals surface area contributed by atoms with Crippen molar-refractivity contribution in [1.29, 1.82) is 0 Å². The van der Waals surface area contributed by atoms with Gasteiger partial charge in [0.15, 0.2) is 0 Å². The molecule has 4 rings (SSSR count). The Bertz CT molecular complexity index is 855. The fraction of sp³-hybridized carbons (Fsp3) is 0.188. The van der Waals surface area contributed by atoms with Crippen LogP contribution in [-0.4, -0.2) is 14.7 Å². The molecule has 0 amide bonds. The molecule has 1 aliphatic rings. The van der Waals surface area contributed by atoms with Crippen LogP contribution in [0.3, 0.4) is 0 Å². The van der Waals surface area contributed by atoms with Crippen molar-refractivity contribution in [1.82, 2.24) is 9.55 Å². The number of benzene rings is 2. The Morgan fingerprint density at radius 2 is 2.00 bits per heavy atom. The van der Waals surface area contributed by atoms with E-state index in [0.717, 1.165) is 18.4 Å². The second-order valence-corrected chi connectivity index (χ2v) is 5.77. The quantitative estimate of drug-likeness (QED) is 0.755. The summed E-state index contributed by atoms with van der Waals surface area (Å²) >= 11 is 6.03. The first-order valence-corrected chi connectivity index (χ1v) is 7.17. The molecule has 1 N–H and O–H groups in total. The summed E-state index contributed by atoms with van der Waals surface area (Å²) in [4.78, 5) is 4.51. The molecule has 1 aliphatic carbocycles. The van der Waals surface area contributed by atoms with Crippen molar-refractivity contribution in [2.75, 3.05) is 0 Å². The molecule has 1 fully saturated rings. The average Bonchev–Trinajstić information content (AvgIpc) is 3.22. The van der Waals surface area contributed by atoms with Crippen LogP contribution < -0.4 is 0 Å². The average molecular weight is 303 g/mol. The second kappa shape index (κ2) is 4.46. The van der Waals surface area contributed by atoms with Gasteiger partial charge < -0.3 is 9.67 Å². The van der Waals surface area contributed by atoms with Crippen molar-refractivity contribution >= 4 is 22.6 Å². The van der Waals surface area contributed by atoms with Gasteiger partial charge in [0.25, 0.3) is 0 Å². The van der Waals surface area contributed by atoms with Crippen LogP contribution in [0.25, 0.3) is 22.4 Å². The molecular formula is C16H12ClFN2O. The van der Waals surface area contributed by atoms with Crippen LogP contribution in [0.2, 0.25) is 5.02 Å². The Labute approximate surface area is 125 Å². The number of fused-ring (bicyclic) bond motifs is 1.